The van der Waals surface area contributed by atoms with Gasteiger partial charge < -0.3 is 19.5 Å². The number of hydrogen-bond acceptors (Lipinski definition) is 5. The van der Waals surface area contributed by atoms with Crippen LogP contribution < -0.4 is 5.32 Å². The maximum absolute atomic E-state index is 12.6. The highest BCUT2D eigenvalue weighted by molar-refractivity contribution is 5.74. The van der Waals surface area contributed by atoms with Crippen LogP contribution in [0.2, 0.25) is 0 Å². The van der Waals surface area contributed by atoms with Gasteiger partial charge in [0.1, 0.15) is 6.61 Å². The van der Waals surface area contributed by atoms with Gasteiger partial charge >= 0.3 is 6.03 Å². The Morgan fingerprint density at radius 2 is 1.80 bits per heavy atom. The quantitative estimate of drug-likeness (QED) is 0.644. The Kier molecular flexibility index (Phi) is 6.72. The van der Waals surface area contributed by atoms with E-state index in [1.54, 1.807) is 0 Å². The summed E-state index contributed by atoms with van der Waals surface area (Å²) < 4.78 is 11.0. The van der Waals surface area contributed by atoms with E-state index in [9.17, 15) is 4.79 Å². The van der Waals surface area contributed by atoms with Crippen LogP contribution in [0.5, 0.6) is 0 Å². The van der Waals surface area contributed by atoms with Gasteiger partial charge in [0.2, 0.25) is 0 Å². The number of hydrogen-bond donors (Lipinski definition) is 1. The standard InChI is InChI=1S/C23H26N4O3/c28-23(24-14-18-8-3-1-4-9-18)27-13-7-12-20(15-27)22-25-21(30-26-22)17-29-16-19-10-5-2-6-11-19/h1-6,8-11,20H,7,12-17H2,(H,24,28). The fourth-order valence-electron chi connectivity index (χ4n) is 3.58. The first-order valence-electron chi connectivity index (χ1n) is 10.3. The Hall–Kier alpha value is -3.19. The number of benzene rings is 2. The number of nitrogens with one attached hydrogen (secondary N) is 1. The molecule has 3 aromatic rings. The van der Waals surface area contributed by atoms with Gasteiger partial charge in [0.25, 0.3) is 5.89 Å². The van der Waals surface area contributed by atoms with Gasteiger partial charge in [-0.25, -0.2) is 4.79 Å². The molecular formula is C23H26N4O3. The molecule has 156 valence electrons. The largest absolute Gasteiger partial charge is 0.367 e. The van der Waals surface area contributed by atoms with Gasteiger partial charge in [0.15, 0.2) is 5.82 Å². The Bertz CT molecular complexity index is 930. The molecule has 4 rings (SSSR count). The molecule has 1 aromatic heterocycles. The van der Waals surface area contributed by atoms with Crippen molar-refractivity contribution in [2.75, 3.05) is 13.1 Å². The molecule has 7 nitrogen and oxygen atoms in total. The minimum absolute atomic E-state index is 0.0570. The first-order valence-corrected chi connectivity index (χ1v) is 10.3. The van der Waals surface area contributed by atoms with Gasteiger partial charge in [-0.3, -0.25) is 0 Å². The topological polar surface area (TPSA) is 80.5 Å². The number of nitrogens with zero attached hydrogens (tertiary/aromatic N) is 3. The second-order valence-electron chi connectivity index (χ2n) is 7.45. The maximum Gasteiger partial charge on any atom is 0.317 e. The number of ether oxygens (including phenoxy) is 1. The number of carbonyl (C=O) groups excluding carboxylic acids is 1. The van der Waals surface area contributed by atoms with E-state index in [1.165, 1.54) is 0 Å². The van der Waals surface area contributed by atoms with Crippen molar-refractivity contribution in [1.29, 1.82) is 0 Å². The van der Waals surface area contributed by atoms with E-state index in [0.29, 0.717) is 31.4 Å². The van der Waals surface area contributed by atoms with Gasteiger partial charge in [0.05, 0.1) is 6.61 Å². The number of aromatic nitrogens is 2. The lowest BCUT2D eigenvalue weighted by molar-refractivity contribution is 0.0850. The first kappa shape index (κ1) is 20.1. The lowest BCUT2D eigenvalue weighted by Crippen LogP contribution is -2.44. The highest BCUT2D eigenvalue weighted by Crippen LogP contribution is 2.25. The zero-order valence-electron chi connectivity index (χ0n) is 16.9. The summed E-state index contributed by atoms with van der Waals surface area (Å²) in [4.78, 5) is 18.9. The molecule has 2 heterocycles. The summed E-state index contributed by atoms with van der Waals surface area (Å²) in [6, 6.07) is 19.8. The maximum atomic E-state index is 12.6. The summed E-state index contributed by atoms with van der Waals surface area (Å²) in [7, 11) is 0. The lowest BCUT2D eigenvalue weighted by atomic mass is 9.98. The second kappa shape index (κ2) is 10.0. The third kappa shape index (κ3) is 5.45. The van der Waals surface area contributed by atoms with Crippen molar-refractivity contribution in [3.05, 3.63) is 83.5 Å². The smallest absolute Gasteiger partial charge is 0.317 e. The van der Waals surface area contributed by atoms with Gasteiger partial charge in [0, 0.05) is 25.6 Å². The normalized spacial score (nSPS) is 16.4. The molecule has 0 bridgehead atoms. The Labute approximate surface area is 176 Å². The predicted octanol–water partition coefficient (Wildman–Crippen LogP) is 3.88. The molecule has 30 heavy (non-hydrogen) atoms. The Morgan fingerprint density at radius 1 is 1.07 bits per heavy atom. The molecule has 1 saturated heterocycles. The van der Waals surface area contributed by atoms with Crippen LogP contribution in [0.25, 0.3) is 0 Å². The number of piperidine rings is 1. The van der Waals surface area contributed by atoms with E-state index in [0.717, 1.165) is 30.5 Å². The fraction of sp³-hybridized carbons (Fsp3) is 0.348. The van der Waals surface area contributed by atoms with Crippen molar-refractivity contribution in [2.45, 2.75) is 38.5 Å². The van der Waals surface area contributed by atoms with Crippen LogP contribution in [-0.2, 0) is 24.5 Å². The molecule has 2 aromatic carbocycles. The predicted molar refractivity (Wildman–Crippen MR) is 111 cm³/mol. The zero-order valence-corrected chi connectivity index (χ0v) is 16.9. The van der Waals surface area contributed by atoms with Crippen LogP contribution in [0.15, 0.2) is 65.2 Å². The van der Waals surface area contributed by atoms with Gasteiger partial charge in [-0.15, -0.1) is 0 Å². The van der Waals surface area contributed by atoms with Gasteiger partial charge in [-0.2, -0.15) is 4.98 Å². The van der Waals surface area contributed by atoms with Gasteiger partial charge in [-0.05, 0) is 24.0 Å². The monoisotopic (exact) mass is 406 g/mol. The third-order valence-electron chi connectivity index (χ3n) is 5.18. The SMILES string of the molecule is O=C(NCc1ccccc1)N1CCCC(c2noc(COCc3ccccc3)n2)C1. The molecule has 1 aliphatic heterocycles. The van der Waals surface area contributed by atoms with Crippen molar-refractivity contribution >= 4 is 6.03 Å². The van der Waals surface area contributed by atoms with E-state index in [-0.39, 0.29) is 18.6 Å². The zero-order chi connectivity index (χ0) is 20.6. The molecule has 1 fully saturated rings. The molecule has 7 heteroatoms. The summed E-state index contributed by atoms with van der Waals surface area (Å²) in [6.45, 7) is 2.62. The number of likely N-dealkylation sites (tertiary alicyclic amines) is 1. The van der Waals surface area contributed by atoms with Crippen LogP contribution in [0.1, 0.15) is 41.6 Å². The second-order valence-corrected chi connectivity index (χ2v) is 7.45. The van der Waals surface area contributed by atoms with Crippen LogP contribution >= 0.6 is 0 Å². The van der Waals surface area contributed by atoms with Crippen molar-refractivity contribution in [3.8, 4) is 0 Å². The van der Waals surface area contributed by atoms with Crippen molar-refractivity contribution < 1.29 is 14.1 Å². The fourth-order valence-corrected chi connectivity index (χ4v) is 3.58. The average molecular weight is 406 g/mol. The van der Waals surface area contributed by atoms with Crippen LogP contribution in [0, 0.1) is 0 Å². The van der Waals surface area contributed by atoms with E-state index in [4.69, 9.17) is 9.26 Å². The summed E-state index contributed by atoms with van der Waals surface area (Å²) in [5.41, 5.74) is 2.18. The minimum Gasteiger partial charge on any atom is -0.367 e. The highest BCUT2D eigenvalue weighted by Gasteiger charge is 2.28. The van der Waals surface area contributed by atoms with Crippen LogP contribution in [0.4, 0.5) is 4.79 Å². The molecule has 1 unspecified atom stereocenters. The molecule has 0 saturated carbocycles. The average Bonchev–Trinajstić information content (AvgIpc) is 3.28. The van der Waals surface area contributed by atoms with E-state index in [2.05, 4.69) is 15.5 Å². The number of carbonyl (C=O) groups is 1. The third-order valence-corrected chi connectivity index (χ3v) is 5.18. The Balaban J connectivity index is 1.26. The molecule has 1 aliphatic rings. The van der Waals surface area contributed by atoms with Crippen LogP contribution in [-0.4, -0.2) is 34.2 Å². The van der Waals surface area contributed by atoms with Crippen molar-refractivity contribution in [2.24, 2.45) is 0 Å². The summed E-state index contributed by atoms with van der Waals surface area (Å²) >= 11 is 0. The summed E-state index contributed by atoms with van der Waals surface area (Å²) in [5.74, 6) is 1.19. The molecule has 0 aliphatic carbocycles. The molecule has 0 spiro atoms. The molecule has 0 radical (unpaired) electrons. The summed E-state index contributed by atoms with van der Waals surface area (Å²) in [6.07, 6.45) is 1.85. The van der Waals surface area contributed by atoms with E-state index >= 15 is 0 Å². The Morgan fingerprint density at radius 3 is 2.57 bits per heavy atom. The lowest BCUT2D eigenvalue weighted by Gasteiger charge is -2.31. The summed E-state index contributed by atoms with van der Waals surface area (Å²) in [5, 5.41) is 7.12. The van der Waals surface area contributed by atoms with E-state index < -0.39 is 0 Å². The van der Waals surface area contributed by atoms with Crippen molar-refractivity contribution in [1.82, 2.24) is 20.4 Å². The van der Waals surface area contributed by atoms with E-state index in [1.807, 2.05) is 65.6 Å². The van der Waals surface area contributed by atoms with Gasteiger partial charge in [-0.1, -0.05) is 65.8 Å². The number of rotatable bonds is 7. The van der Waals surface area contributed by atoms with Crippen LogP contribution in [0.3, 0.4) is 0 Å². The molecule has 2 amide bonds. The first-order chi connectivity index (χ1) is 14.8. The number of amides is 2. The number of urea groups is 1. The highest BCUT2D eigenvalue weighted by atomic mass is 16.5. The molecular weight excluding hydrogens is 380 g/mol. The molecule has 1 atom stereocenters. The minimum atomic E-state index is -0.0570. The molecule has 1 N–H and O–H groups in total. The van der Waals surface area contributed by atoms with Crippen molar-refractivity contribution in [3.63, 3.8) is 0 Å².